The third-order valence-corrected chi connectivity index (χ3v) is 4.54. The lowest BCUT2D eigenvalue weighted by Crippen LogP contribution is -2.24. The lowest BCUT2D eigenvalue weighted by molar-refractivity contribution is 0.625. The van der Waals surface area contributed by atoms with E-state index in [1.165, 1.54) is 16.7 Å². The van der Waals surface area contributed by atoms with E-state index in [0.29, 0.717) is 28.8 Å². The first-order valence-electron chi connectivity index (χ1n) is 8.81. The highest BCUT2D eigenvalue weighted by atomic mass is 19.1. The molecule has 0 unspecified atom stereocenters. The van der Waals surface area contributed by atoms with Gasteiger partial charge in [-0.2, -0.15) is 0 Å². The lowest BCUT2D eigenvalue weighted by atomic mass is 10.0. The predicted molar refractivity (Wildman–Crippen MR) is 105 cm³/mol. The molecule has 0 fully saturated rings. The minimum absolute atomic E-state index is 0.209. The molecule has 0 aliphatic carbocycles. The Morgan fingerprint density at radius 3 is 2.63 bits per heavy atom. The number of halogens is 1. The number of hydrogen-bond donors (Lipinski definition) is 0. The molecule has 0 aliphatic heterocycles. The Hall–Kier alpha value is -3.34. The lowest BCUT2D eigenvalue weighted by Gasteiger charge is -2.14. The quantitative estimate of drug-likeness (QED) is 0.543. The molecule has 4 rings (SSSR count). The number of rotatable bonds is 3. The minimum atomic E-state index is -0.391. The summed E-state index contributed by atoms with van der Waals surface area (Å²) in [6.45, 7) is 3.89. The summed E-state index contributed by atoms with van der Waals surface area (Å²) in [5, 5.41) is 0.506. The standard InChI is InChI=1S/C22H18FN3O/c1-3-20-25-19-9-5-8-18(15-10-14(2)12-24-13-15)21(19)22(27)26(20)17-7-4-6-16(23)11-17/h4-13H,3H2,1-2H3. The highest BCUT2D eigenvalue weighted by Gasteiger charge is 2.16. The second kappa shape index (κ2) is 6.76. The molecule has 2 aromatic carbocycles. The number of pyridine rings is 1. The molecule has 27 heavy (non-hydrogen) atoms. The summed E-state index contributed by atoms with van der Waals surface area (Å²) >= 11 is 0. The van der Waals surface area contributed by atoms with Crippen LogP contribution < -0.4 is 5.56 Å². The van der Waals surface area contributed by atoms with Crippen LogP contribution in [0.4, 0.5) is 4.39 Å². The van der Waals surface area contributed by atoms with Crippen molar-refractivity contribution in [1.29, 1.82) is 0 Å². The highest BCUT2D eigenvalue weighted by Crippen LogP contribution is 2.26. The molecule has 0 saturated carbocycles. The van der Waals surface area contributed by atoms with Gasteiger partial charge in [0.15, 0.2) is 0 Å². The second-order valence-electron chi connectivity index (χ2n) is 6.45. The molecule has 0 radical (unpaired) electrons. The first-order chi connectivity index (χ1) is 13.1. The van der Waals surface area contributed by atoms with Gasteiger partial charge in [-0.3, -0.25) is 14.3 Å². The van der Waals surface area contributed by atoms with Crippen molar-refractivity contribution in [3.63, 3.8) is 0 Å². The van der Waals surface area contributed by atoms with E-state index in [-0.39, 0.29) is 5.56 Å². The summed E-state index contributed by atoms with van der Waals surface area (Å²) in [7, 11) is 0. The molecule has 0 spiro atoms. The Balaban J connectivity index is 2.10. The van der Waals surface area contributed by atoms with Gasteiger partial charge < -0.3 is 0 Å². The summed E-state index contributed by atoms with van der Waals surface area (Å²) in [5.74, 6) is 0.204. The average molecular weight is 359 g/mol. The molecule has 0 aliphatic rings. The predicted octanol–water partition coefficient (Wildman–Crippen LogP) is 4.46. The minimum Gasteiger partial charge on any atom is -0.268 e. The molecule has 0 N–H and O–H groups in total. The largest absolute Gasteiger partial charge is 0.268 e. The fraction of sp³-hybridized carbons (Fsp3) is 0.136. The molecule has 134 valence electrons. The van der Waals surface area contributed by atoms with E-state index in [9.17, 15) is 9.18 Å². The molecule has 0 bridgehead atoms. The van der Waals surface area contributed by atoms with Crippen LogP contribution in [0.2, 0.25) is 0 Å². The van der Waals surface area contributed by atoms with Gasteiger partial charge in [0.2, 0.25) is 0 Å². The van der Waals surface area contributed by atoms with Gasteiger partial charge in [-0.1, -0.05) is 25.1 Å². The molecule has 0 saturated heterocycles. The smallest absolute Gasteiger partial charge is 0.266 e. The third-order valence-electron chi connectivity index (χ3n) is 4.54. The van der Waals surface area contributed by atoms with Gasteiger partial charge >= 0.3 is 0 Å². The van der Waals surface area contributed by atoms with E-state index >= 15 is 0 Å². The van der Waals surface area contributed by atoms with Crippen molar-refractivity contribution in [3.05, 3.63) is 88.5 Å². The molecule has 2 heterocycles. The Kier molecular flexibility index (Phi) is 4.28. The maximum Gasteiger partial charge on any atom is 0.266 e. The average Bonchev–Trinajstić information content (AvgIpc) is 2.67. The summed E-state index contributed by atoms with van der Waals surface area (Å²) in [5.41, 5.74) is 3.53. The van der Waals surface area contributed by atoms with Crippen molar-refractivity contribution in [2.75, 3.05) is 0 Å². The summed E-state index contributed by atoms with van der Waals surface area (Å²) in [6.07, 6.45) is 4.06. The summed E-state index contributed by atoms with van der Waals surface area (Å²) in [6, 6.07) is 13.6. The fourth-order valence-electron chi connectivity index (χ4n) is 3.34. The Morgan fingerprint density at radius 1 is 1.07 bits per heavy atom. The van der Waals surface area contributed by atoms with Gasteiger partial charge in [-0.25, -0.2) is 9.37 Å². The zero-order chi connectivity index (χ0) is 19.0. The molecule has 4 aromatic rings. The number of fused-ring (bicyclic) bond motifs is 1. The van der Waals surface area contributed by atoms with Crippen LogP contribution in [0, 0.1) is 12.7 Å². The van der Waals surface area contributed by atoms with Gasteiger partial charge in [-0.15, -0.1) is 0 Å². The molecular weight excluding hydrogens is 341 g/mol. The van der Waals surface area contributed by atoms with Gasteiger partial charge in [0.1, 0.15) is 11.6 Å². The van der Waals surface area contributed by atoms with Gasteiger partial charge in [0, 0.05) is 24.4 Å². The Morgan fingerprint density at radius 2 is 1.89 bits per heavy atom. The molecule has 4 nitrogen and oxygen atoms in total. The topological polar surface area (TPSA) is 47.8 Å². The van der Waals surface area contributed by atoms with Gasteiger partial charge in [0.05, 0.1) is 16.6 Å². The van der Waals surface area contributed by atoms with Gasteiger partial charge in [0.25, 0.3) is 5.56 Å². The Labute approximate surface area is 156 Å². The number of aryl methyl sites for hydroxylation is 2. The van der Waals surface area contributed by atoms with Crippen LogP contribution in [-0.4, -0.2) is 14.5 Å². The zero-order valence-corrected chi connectivity index (χ0v) is 15.1. The van der Waals surface area contributed by atoms with Crippen molar-refractivity contribution in [1.82, 2.24) is 14.5 Å². The molecule has 5 heteroatoms. The van der Waals surface area contributed by atoms with Crippen molar-refractivity contribution in [2.45, 2.75) is 20.3 Å². The Bertz CT molecular complexity index is 1210. The second-order valence-corrected chi connectivity index (χ2v) is 6.45. The molecule has 0 amide bonds. The van der Waals surface area contributed by atoms with Crippen LogP contribution in [0.1, 0.15) is 18.3 Å². The number of benzene rings is 2. The van der Waals surface area contributed by atoms with E-state index < -0.39 is 5.82 Å². The third kappa shape index (κ3) is 3.01. The fourth-order valence-corrected chi connectivity index (χ4v) is 3.34. The zero-order valence-electron chi connectivity index (χ0n) is 15.1. The van der Waals surface area contributed by atoms with Crippen LogP contribution >= 0.6 is 0 Å². The SMILES string of the molecule is CCc1nc2cccc(-c3cncc(C)c3)c2c(=O)n1-c1cccc(F)c1. The summed E-state index contributed by atoms with van der Waals surface area (Å²) in [4.78, 5) is 22.4. The molecular formula is C22H18FN3O. The number of hydrogen-bond acceptors (Lipinski definition) is 3. The van der Waals surface area contributed by atoms with Crippen molar-refractivity contribution in [2.24, 2.45) is 0 Å². The number of aromatic nitrogens is 3. The highest BCUT2D eigenvalue weighted by molar-refractivity contribution is 5.94. The van der Waals surface area contributed by atoms with E-state index in [1.54, 1.807) is 24.5 Å². The number of nitrogens with zero attached hydrogens (tertiary/aromatic N) is 3. The van der Waals surface area contributed by atoms with Crippen LogP contribution in [0.25, 0.3) is 27.7 Å². The van der Waals surface area contributed by atoms with Gasteiger partial charge in [-0.05, 0) is 48.4 Å². The maximum absolute atomic E-state index is 13.8. The maximum atomic E-state index is 13.8. The first kappa shape index (κ1) is 17.1. The van der Waals surface area contributed by atoms with Crippen molar-refractivity contribution >= 4 is 10.9 Å². The van der Waals surface area contributed by atoms with Crippen molar-refractivity contribution < 1.29 is 4.39 Å². The molecule has 0 atom stereocenters. The first-order valence-corrected chi connectivity index (χ1v) is 8.81. The van der Waals surface area contributed by atoms with E-state index in [0.717, 1.165) is 16.7 Å². The van der Waals surface area contributed by atoms with Crippen LogP contribution in [0.3, 0.4) is 0 Å². The molecule has 2 aromatic heterocycles. The van der Waals surface area contributed by atoms with E-state index in [1.807, 2.05) is 38.1 Å². The van der Waals surface area contributed by atoms with Crippen LogP contribution in [-0.2, 0) is 6.42 Å². The van der Waals surface area contributed by atoms with E-state index in [2.05, 4.69) is 9.97 Å². The monoisotopic (exact) mass is 359 g/mol. The van der Waals surface area contributed by atoms with E-state index in [4.69, 9.17) is 0 Å². The van der Waals surface area contributed by atoms with Crippen LogP contribution in [0.15, 0.2) is 65.7 Å². The summed E-state index contributed by atoms with van der Waals surface area (Å²) < 4.78 is 15.3. The van der Waals surface area contributed by atoms with Crippen molar-refractivity contribution in [3.8, 4) is 16.8 Å². The van der Waals surface area contributed by atoms with Crippen LogP contribution in [0.5, 0.6) is 0 Å². The normalized spacial score (nSPS) is 11.1.